The van der Waals surface area contributed by atoms with Crippen LogP contribution >= 0.6 is 11.3 Å². The van der Waals surface area contributed by atoms with E-state index < -0.39 is 5.91 Å². The third kappa shape index (κ3) is 5.18. The number of amides is 2. The van der Waals surface area contributed by atoms with Crippen LogP contribution in [0, 0.1) is 0 Å². The number of benzene rings is 1. The van der Waals surface area contributed by atoms with Crippen LogP contribution in [0.5, 0.6) is 0 Å². The molecule has 2 amide bonds. The van der Waals surface area contributed by atoms with Crippen LogP contribution in [0.15, 0.2) is 41.9 Å². The number of aryl methyl sites for hydroxylation is 1. The third-order valence-electron chi connectivity index (χ3n) is 4.32. The van der Waals surface area contributed by atoms with Crippen LogP contribution in [0.1, 0.15) is 53.7 Å². The van der Waals surface area contributed by atoms with E-state index in [1.165, 1.54) is 16.0 Å². The van der Waals surface area contributed by atoms with Crippen molar-refractivity contribution < 1.29 is 14.4 Å². The molecule has 156 valence electrons. The Morgan fingerprint density at radius 2 is 1.90 bits per heavy atom. The quantitative estimate of drug-likeness (QED) is 0.463. The van der Waals surface area contributed by atoms with Gasteiger partial charge in [0, 0.05) is 35.3 Å². The minimum absolute atomic E-state index is 0.179. The molecule has 0 fully saturated rings. The zero-order valence-electron chi connectivity index (χ0n) is 17.2. The van der Waals surface area contributed by atoms with Crippen LogP contribution in [0.4, 0.5) is 10.8 Å². The number of hydrogen-bond acceptors (Lipinski definition) is 6. The van der Waals surface area contributed by atoms with Gasteiger partial charge in [0.25, 0.3) is 5.91 Å². The molecule has 2 N–H and O–H groups in total. The van der Waals surface area contributed by atoms with Gasteiger partial charge in [0.05, 0.1) is 12.1 Å². The van der Waals surface area contributed by atoms with Crippen LogP contribution < -0.4 is 10.6 Å². The average molecular weight is 426 g/mol. The van der Waals surface area contributed by atoms with E-state index in [1.54, 1.807) is 49.0 Å². The number of hydrogen-bond donors (Lipinski definition) is 2. The van der Waals surface area contributed by atoms with E-state index >= 15 is 0 Å². The molecule has 0 aliphatic rings. The Morgan fingerprint density at radius 1 is 1.13 bits per heavy atom. The fourth-order valence-corrected chi connectivity index (χ4v) is 3.25. The van der Waals surface area contributed by atoms with Crippen molar-refractivity contribution in [1.29, 1.82) is 0 Å². The van der Waals surface area contributed by atoms with E-state index in [0.717, 1.165) is 5.69 Å². The molecule has 30 heavy (non-hydrogen) atoms. The Hall–Kier alpha value is -3.33. The first-order valence-corrected chi connectivity index (χ1v) is 10.2. The van der Waals surface area contributed by atoms with E-state index in [0.29, 0.717) is 22.1 Å². The van der Waals surface area contributed by atoms with Gasteiger partial charge in [0.2, 0.25) is 5.91 Å². The topological polar surface area (TPSA) is 106 Å². The van der Waals surface area contributed by atoms with Crippen molar-refractivity contribution in [2.45, 2.75) is 32.6 Å². The summed E-state index contributed by atoms with van der Waals surface area (Å²) in [5.74, 6) is -1.11. The summed E-state index contributed by atoms with van der Waals surface area (Å²) in [6.07, 6.45) is 1.26. The number of carbonyl (C=O) groups excluding carboxylic acids is 3. The zero-order chi connectivity index (χ0) is 21.9. The van der Waals surface area contributed by atoms with Crippen molar-refractivity contribution in [2.75, 3.05) is 10.6 Å². The lowest BCUT2D eigenvalue weighted by molar-refractivity contribution is -0.115. The SMILES string of the molecule is Cn1nc(C(C)(C)C)cc1C(=O)Nc1cccc(C(=O)CC(=O)Nc2nccs2)c1. The minimum Gasteiger partial charge on any atom is -0.321 e. The van der Waals surface area contributed by atoms with Gasteiger partial charge in [0.1, 0.15) is 5.69 Å². The number of anilines is 2. The first-order chi connectivity index (χ1) is 14.1. The van der Waals surface area contributed by atoms with Crippen molar-refractivity contribution in [3.8, 4) is 0 Å². The molecule has 8 nitrogen and oxygen atoms in total. The highest BCUT2D eigenvalue weighted by Gasteiger charge is 2.22. The number of Topliss-reactive ketones (excluding diaryl/α,β-unsaturated/α-hetero) is 1. The van der Waals surface area contributed by atoms with Crippen LogP contribution in [0.25, 0.3) is 0 Å². The second-order valence-electron chi connectivity index (χ2n) is 7.81. The van der Waals surface area contributed by atoms with Gasteiger partial charge in [-0.3, -0.25) is 19.1 Å². The van der Waals surface area contributed by atoms with Crippen molar-refractivity contribution in [3.05, 3.63) is 58.9 Å². The molecule has 9 heteroatoms. The van der Waals surface area contributed by atoms with E-state index in [2.05, 4.69) is 20.7 Å². The molecule has 0 radical (unpaired) electrons. The molecule has 0 atom stereocenters. The maximum atomic E-state index is 12.7. The van der Waals surface area contributed by atoms with Gasteiger partial charge in [-0.05, 0) is 18.2 Å². The lowest BCUT2D eigenvalue weighted by Gasteiger charge is -2.13. The van der Waals surface area contributed by atoms with Crippen LogP contribution in [0.3, 0.4) is 0 Å². The summed E-state index contributed by atoms with van der Waals surface area (Å²) in [6.45, 7) is 6.07. The molecule has 0 aliphatic heterocycles. The maximum absolute atomic E-state index is 12.7. The Labute approximate surface area is 178 Å². The van der Waals surface area contributed by atoms with Crippen molar-refractivity contribution >= 4 is 39.8 Å². The highest BCUT2D eigenvalue weighted by Crippen LogP contribution is 2.22. The summed E-state index contributed by atoms with van der Waals surface area (Å²) in [5, 5.41) is 12.0. The Balaban J connectivity index is 1.68. The molecular formula is C21H23N5O3S. The first-order valence-electron chi connectivity index (χ1n) is 9.32. The number of nitrogens with one attached hydrogen (secondary N) is 2. The summed E-state index contributed by atoms with van der Waals surface area (Å²) >= 11 is 1.28. The monoisotopic (exact) mass is 425 g/mol. The van der Waals surface area contributed by atoms with Gasteiger partial charge in [-0.15, -0.1) is 11.3 Å². The molecule has 0 spiro atoms. The molecule has 3 aromatic rings. The van der Waals surface area contributed by atoms with Gasteiger partial charge < -0.3 is 10.6 Å². The molecule has 0 bridgehead atoms. The lowest BCUT2D eigenvalue weighted by atomic mass is 9.92. The Bertz CT molecular complexity index is 1080. The fourth-order valence-electron chi connectivity index (χ4n) is 2.71. The zero-order valence-corrected chi connectivity index (χ0v) is 18.0. The predicted molar refractivity (Wildman–Crippen MR) is 116 cm³/mol. The standard InChI is InChI=1S/C21H23N5O3S/c1-21(2,3)17-11-15(26(4)25-17)19(29)23-14-7-5-6-13(10-14)16(27)12-18(28)24-20-22-8-9-30-20/h5-11H,12H2,1-4H3,(H,23,29)(H,22,24,28). The van der Waals surface area contributed by atoms with E-state index in [-0.39, 0.29) is 23.5 Å². The van der Waals surface area contributed by atoms with E-state index in [9.17, 15) is 14.4 Å². The molecule has 3 rings (SSSR count). The first kappa shape index (κ1) is 21.4. The smallest absolute Gasteiger partial charge is 0.273 e. The normalized spacial score (nSPS) is 11.2. The summed E-state index contributed by atoms with van der Waals surface area (Å²) in [4.78, 5) is 41.1. The number of nitrogens with zero attached hydrogens (tertiary/aromatic N) is 3. The second-order valence-corrected chi connectivity index (χ2v) is 8.70. The maximum Gasteiger partial charge on any atom is 0.273 e. The predicted octanol–water partition coefficient (Wildman–Crippen LogP) is 3.64. The van der Waals surface area contributed by atoms with Crippen LogP contribution in [-0.2, 0) is 17.3 Å². The van der Waals surface area contributed by atoms with Crippen molar-refractivity contribution in [3.63, 3.8) is 0 Å². The van der Waals surface area contributed by atoms with Gasteiger partial charge in [0.15, 0.2) is 10.9 Å². The molecule has 0 saturated heterocycles. The van der Waals surface area contributed by atoms with Gasteiger partial charge >= 0.3 is 0 Å². The summed E-state index contributed by atoms with van der Waals surface area (Å²) in [6, 6.07) is 8.26. The number of carbonyl (C=O) groups is 3. The number of thiazole rings is 1. The van der Waals surface area contributed by atoms with Gasteiger partial charge in [-0.25, -0.2) is 4.98 Å². The average Bonchev–Trinajstić information content (AvgIpc) is 3.31. The van der Waals surface area contributed by atoms with Crippen LogP contribution in [-0.4, -0.2) is 32.4 Å². The Morgan fingerprint density at radius 3 is 2.53 bits per heavy atom. The molecule has 2 aromatic heterocycles. The molecular weight excluding hydrogens is 402 g/mol. The van der Waals surface area contributed by atoms with Gasteiger partial charge in [-0.1, -0.05) is 32.9 Å². The van der Waals surface area contributed by atoms with Crippen molar-refractivity contribution in [2.24, 2.45) is 7.05 Å². The molecule has 1 aromatic carbocycles. The van der Waals surface area contributed by atoms with Crippen molar-refractivity contribution in [1.82, 2.24) is 14.8 Å². The molecule has 0 saturated carbocycles. The number of rotatable bonds is 6. The molecule has 2 heterocycles. The third-order valence-corrected chi connectivity index (χ3v) is 5.01. The highest BCUT2D eigenvalue weighted by atomic mass is 32.1. The summed E-state index contributed by atoms with van der Waals surface area (Å²) in [7, 11) is 1.71. The summed E-state index contributed by atoms with van der Waals surface area (Å²) < 4.78 is 1.54. The minimum atomic E-state index is -0.436. The Kier molecular flexibility index (Phi) is 6.12. The molecule has 0 aliphatic carbocycles. The van der Waals surface area contributed by atoms with E-state index in [4.69, 9.17) is 0 Å². The largest absolute Gasteiger partial charge is 0.321 e. The second kappa shape index (κ2) is 8.58. The number of aromatic nitrogens is 3. The van der Waals surface area contributed by atoms with Crippen LogP contribution in [0.2, 0.25) is 0 Å². The highest BCUT2D eigenvalue weighted by molar-refractivity contribution is 7.13. The lowest BCUT2D eigenvalue weighted by Crippen LogP contribution is -2.18. The fraction of sp³-hybridized carbons (Fsp3) is 0.286. The van der Waals surface area contributed by atoms with E-state index in [1.807, 2.05) is 20.8 Å². The molecule has 0 unspecified atom stereocenters. The summed E-state index contributed by atoms with van der Waals surface area (Å²) in [5.41, 5.74) is 1.85. The van der Waals surface area contributed by atoms with Gasteiger partial charge in [-0.2, -0.15) is 5.10 Å². The number of ketones is 1.